The molecule has 3 heteroatoms. The minimum absolute atomic E-state index is 0.0223. The van der Waals surface area contributed by atoms with E-state index in [1.165, 1.54) is 0 Å². The monoisotopic (exact) mass is 184 g/mol. The van der Waals surface area contributed by atoms with Crippen LogP contribution in [0.4, 0.5) is 0 Å². The normalized spacial score (nSPS) is 32.0. The van der Waals surface area contributed by atoms with Crippen LogP contribution >= 0.6 is 0 Å². The van der Waals surface area contributed by atoms with Crippen LogP contribution in [0.2, 0.25) is 0 Å². The summed E-state index contributed by atoms with van der Waals surface area (Å²) in [5, 5.41) is 0. The van der Waals surface area contributed by atoms with E-state index < -0.39 is 0 Å². The molecule has 2 fully saturated rings. The maximum absolute atomic E-state index is 11.5. The number of carbonyl (C=O) groups is 1. The predicted octanol–water partition coefficient (Wildman–Crippen LogP) is 1.51. The summed E-state index contributed by atoms with van der Waals surface area (Å²) in [5.41, 5.74) is 0. The standard InChI is InChI=1S/C10H16O3/c11-9-5-2-1-4-8(9)10-12-6-3-7-13-10/h8,10H,1-7H2. The second-order valence-corrected chi connectivity index (χ2v) is 3.78. The molecule has 0 amide bonds. The Kier molecular flexibility index (Phi) is 2.96. The Bertz CT molecular complexity index is 185. The molecule has 0 aromatic rings. The van der Waals surface area contributed by atoms with Gasteiger partial charge in [-0.05, 0) is 19.3 Å². The van der Waals surface area contributed by atoms with Gasteiger partial charge in [0.25, 0.3) is 0 Å². The van der Waals surface area contributed by atoms with Gasteiger partial charge in [0, 0.05) is 6.42 Å². The second kappa shape index (κ2) is 4.20. The van der Waals surface area contributed by atoms with Crippen LogP contribution in [-0.2, 0) is 14.3 Å². The van der Waals surface area contributed by atoms with E-state index >= 15 is 0 Å². The Morgan fingerprint density at radius 1 is 1.08 bits per heavy atom. The molecule has 1 aliphatic heterocycles. The molecule has 2 aliphatic rings. The van der Waals surface area contributed by atoms with E-state index in [9.17, 15) is 4.79 Å². The first-order chi connectivity index (χ1) is 6.38. The Morgan fingerprint density at radius 2 is 1.85 bits per heavy atom. The quantitative estimate of drug-likeness (QED) is 0.619. The molecule has 1 saturated heterocycles. The van der Waals surface area contributed by atoms with Crippen molar-refractivity contribution in [1.29, 1.82) is 0 Å². The first-order valence-corrected chi connectivity index (χ1v) is 5.14. The van der Waals surface area contributed by atoms with Crippen LogP contribution in [0.15, 0.2) is 0 Å². The summed E-state index contributed by atoms with van der Waals surface area (Å²) in [5.74, 6) is 0.354. The van der Waals surface area contributed by atoms with Gasteiger partial charge in [-0.25, -0.2) is 0 Å². The molecule has 0 aromatic heterocycles. The molecule has 1 heterocycles. The number of Topliss-reactive ketones (excluding diaryl/α,β-unsaturated/α-hetero) is 1. The van der Waals surface area contributed by atoms with Crippen molar-refractivity contribution in [2.45, 2.75) is 38.4 Å². The van der Waals surface area contributed by atoms with Crippen molar-refractivity contribution in [2.75, 3.05) is 13.2 Å². The second-order valence-electron chi connectivity index (χ2n) is 3.78. The van der Waals surface area contributed by atoms with Crippen LogP contribution in [0.1, 0.15) is 32.1 Å². The van der Waals surface area contributed by atoms with Crippen LogP contribution in [-0.4, -0.2) is 25.3 Å². The van der Waals surface area contributed by atoms with Crippen molar-refractivity contribution in [1.82, 2.24) is 0 Å². The van der Waals surface area contributed by atoms with E-state index in [1.807, 2.05) is 0 Å². The topological polar surface area (TPSA) is 35.5 Å². The van der Waals surface area contributed by atoms with Crippen molar-refractivity contribution < 1.29 is 14.3 Å². The first kappa shape index (κ1) is 9.16. The molecule has 1 saturated carbocycles. The molecule has 0 spiro atoms. The zero-order valence-corrected chi connectivity index (χ0v) is 7.83. The summed E-state index contributed by atoms with van der Waals surface area (Å²) in [6, 6.07) is 0. The number of rotatable bonds is 1. The van der Waals surface area contributed by atoms with E-state index in [2.05, 4.69) is 0 Å². The van der Waals surface area contributed by atoms with Gasteiger partial charge in [0.05, 0.1) is 19.1 Å². The van der Waals surface area contributed by atoms with Crippen LogP contribution in [0.3, 0.4) is 0 Å². The number of ketones is 1. The Labute approximate surface area is 78.4 Å². The van der Waals surface area contributed by atoms with Gasteiger partial charge in [0.2, 0.25) is 0 Å². The average Bonchev–Trinajstić information content (AvgIpc) is 2.20. The molecule has 1 aliphatic carbocycles. The third kappa shape index (κ3) is 2.09. The van der Waals surface area contributed by atoms with Crippen molar-refractivity contribution in [3.8, 4) is 0 Å². The van der Waals surface area contributed by atoms with E-state index in [-0.39, 0.29) is 12.2 Å². The summed E-state index contributed by atoms with van der Waals surface area (Å²) >= 11 is 0. The number of hydrogen-bond acceptors (Lipinski definition) is 3. The number of hydrogen-bond donors (Lipinski definition) is 0. The molecule has 3 nitrogen and oxygen atoms in total. The third-order valence-electron chi connectivity index (χ3n) is 2.78. The predicted molar refractivity (Wildman–Crippen MR) is 47.3 cm³/mol. The number of ether oxygens (including phenoxy) is 2. The van der Waals surface area contributed by atoms with Gasteiger partial charge in [-0.15, -0.1) is 0 Å². The van der Waals surface area contributed by atoms with E-state index in [0.717, 1.165) is 38.9 Å². The summed E-state index contributed by atoms with van der Waals surface area (Å²) in [7, 11) is 0. The molecular formula is C10H16O3. The van der Waals surface area contributed by atoms with Gasteiger partial charge >= 0.3 is 0 Å². The average molecular weight is 184 g/mol. The highest BCUT2D eigenvalue weighted by molar-refractivity contribution is 5.82. The molecule has 2 rings (SSSR count). The van der Waals surface area contributed by atoms with Crippen LogP contribution in [0.25, 0.3) is 0 Å². The summed E-state index contributed by atoms with van der Waals surface area (Å²) < 4.78 is 10.9. The maximum Gasteiger partial charge on any atom is 0.167 e. The lowest BCUT2D eigenvalue weighted by atomic mass is 9.87. The zero-order valence-electron chi connectivity index (χ0n) is 7.83. The SMILES string of the molecule is O=C1CCCCC1C1OCCCO1. The Balaban J connectivity index is 1.92. The van der Waals surface area contributed by atoms with E-state index in [1.54, 1.807) is 0 Å². The Hall–Kier alpha value is -0.410. The van der Waals surface area contributed by atoms with Gasteiger partial charge in [0.15, 0.2) is 6.29 Å². The fraction of sp³-hybridized carbons (Fsp3) is 0.900. The van der Waals surface area contributed by atoms with Crippen LogP contribution in [0.5, 0.6) is 0 Å². The minimum Gasteiger partial charge on any atom is -0.352 e. The first-order valence-electron chi connectivity index (χ1n) is 5.14. The fourth-order valence-corrected chi connectivity index (χ4v) is 2.04. The maximum atomic E-state index is 11.5. The van der Waals surface area contributed by atoms with Crippen molar-refractivity contribution in [3.63, 3.8) is 0 Å². The highest BCUT2D eigenvalue weighted by atomic mass is 16.7. The fourth-order valence-electron chi connectivity index (χ4n) is 2.04. The lowest BCUT2D eigenvalue weighted by Crippen LogP contribution is -2.38. The molecule has 1 atom stereocenters. The van der Waals surface area contributed by atoms with E-state index in [0.29, 0.717) is 12.2 Å². The summed E-state index contributed by atoms with van der Waals surface area (Å²) in [6.07, 6.45) is 4.57. The van der Waals surface area contributed by atoms with Crippen LogP contribution in [0, 0.1) is 5.92 Å². The van der Waals surface area contributed by atoms with Crippen molar-refractivity contribution >= 4 is 5.78 Å². The smallest absolute Gasteiger partial charge is 0.167 e. The van der Waals surface area contributed by atoms with Crippen LogP contribution < -0.4 is 0 Å². The highest BCUT2D eigenvalue weighted by Gasteiger charge is 2.32. The molecule has 1 unspecified atom stereocenters. The van der Waals surface area contributed by atoms with Gasteiger partial charge in [0.1, 0.15) is 5.78 Å². The number of carbonyl (C=O) groups excluding carboxylic acids is 1. The summed E-state index contributed by atoms with van der Waals surface area (Å²) in [4.78, 5) is 11.5. The molecule has 0 N–H and O–H groups in total. The lowest BCUT2D eigenvalue weighted by Gasteiger charge is -2.31. The van der Waals surface area contributed by atoms with Crippen molar-refractivity contribution in [3.05, 3.63) is 0 Å². The van der Waals surface area contributed by atoms with Gasteiger partial charge < -0.3 is 9.47 Å². The van der Waals surface area contributed by atoms with Gasteiger partial charge in [-0.3, -0.25) is 4.79 Å². The third-order valence-corrected chi connectivity index (χ3v) is 2.78. The molecule has 13 heavy (non-hydrogen) atoms. The van der Waals surface area contributed by atoms with Crippen molar-refractivity contribution in [2.24, 2.45) is 5.92 Å². The highest BCUT2D eigenvalue weighted by Crippen LogP contribution is 2.27. The lowest BCUT2D eigenvalue weighted by molar-refractivity contribution is -0.207. The zero-order chi connectivity index (χ0) is 9.10. The molecule has 74 valence electrons. The molecule has 0 radical (unpaired) electrons. The summed E-state index contributed by atoms with van der Waals surface area (Å²) in [6.45, 7) is 1.49. The largest absolute Gasteiger partial charge is 0.352 e. The van der Waals surface area contributed by atoms with Gasteiger partial charge in [-0.2, -0.15) is 0 Å². The molecule has 0 aromatic carbocycles. The Morgan fingerprint density at radius 3 is 2.54 bits per heavy atom. The molecular weight excluding hydrogens is 168 g/mol. The van der Waals surface area contributed by atoms with Gasteiger partial charge in [-0.1, -0.05) is 6.42 Å². The minimum atomic E-state index is -0.235. The van der Waals surface area contributed by atoms with E-state index in [4.69, 9.17) is 9.47 Å². The molecule has 0 bridgehead atoms.